The number of benzene rings is 1. The molecule has 142 valence electrons. The summed E-state index contributed by atoms with van der Waals surface area (Å²) in [5.74, 6) is 1.42. The van der Waals surface area contributed by atoms with Crippen LogP contribution in [0.3, 0.4) is 0 Å². The summed E-state index contributed by atoms with van der Waals surface area (Å²) in [6.45, 7) is 7.84. The highest BCUT2D eigenvalue weighted by molar-refractivity contribution is 5.60. The summed E-state index contributed by atoms with van der Waals surface area (Å²) in [6.07, 6.45) is 1.05. The standard InChI is InChI=1S/C19H24N6O2/c1-19(2,3)13-6-4-12(5-7-13)15-20-16-22-17(27)23-25(16)18(21-15)24-10-8-14(26)9-11-24/h4-7,14,26H,8-11H2,1-3H3,(H,23,27). The van der Waals surface area contributed by atoms with Crippen molar-refractivity contribution < 1.29 is 5.11 Å². The molecule has 0 unspecified atom stereocenters. The van der Waals surface area contributed by atoms with Gasteiger partial charge in [-0.3, -0.25) is 0 Å². The van der Waals surface area contributed by atoms with Gasteiger partial charge in [-0.25, -0.2) is 9.89 Å². The zero-order valence-electron chi connectivity index (χ0n) is 15.8. The summed E-state index contributed by atoms with van der Waals surface area (Å²) in [5.41, 5.74) is 1.72. The van der Waals surface area contributed by atoms with E-state index in [-0.39, 0.29) is 11.5 Å². The molecule has 1 saturated heterocycles. The monoisotopic (exact) mass is 368 g/mol. The molecule has 3 heterocycles. The number of rotatable bonds is 2. The van der Waals surface area contributed by atoms with Gasteiger partial charge in [0.25, 0.3) is 5.78 Å². The van der Waals surface area contributed by atoms with Gasteiger partial charge in [0.1, 0.15) is 0 Å². The van der Waals surface area contributed by atoms with E-state index < -0.39 is 5.69 Å². The SMILES string of the molecule is CC(C)(C)c1ccc(-c2nc(N3CCC(O)CC3)n3[nH]c(=O)nc3n2)cc1. The van der Waals surface area contributed by atoms with Crippen molar-refractivity contribution >= 4 is 11.7 Å². The second kappa shape index (κ2) is 6.45. The van der Waals surface area contributed by atoms with Crippen LogP contribution in [0.2, 0.25) is 0 Å². The van der Waals surface area contributed by atoms with Crippen LogP contribution in [0.4, 0.5) is 5.95 Å². The zero-order valence-corrected chi connectivity index (χ0v) is 15.8. The van der Waals surface area contributed by atoms with Crippen LogP contribution in [0.15, 0.2) is 29.1 Å². The van der Waals surface area contributed by atoms with Crippen LogP contribution < -0.4 is 10.6 Å². The lowest BCUT2D eigenvalue weighted by molar-refractivity contribution is 0.145. The van der Waals surface area contributed by atoms with Gasteiger partial charge in [-0.05, 0) is 23.8 Å². The van der Waals surface area contributed by atoms with E-state index in [0.717, 1.165) is 5.56 Å². The number of aromatic nitrogens is 5. The van der Waals surface area contributed by atoms with Crippen molar-refractivity contribution in [3.05, 3.63) is 40.3 Å². The summed E-state index contributed by atoms with van der Waals surface area (Å²) in [7, 11) is 0. The first-order valence-electron chi connectivity index (χ1n) is 9.22. The van der Waals surface area contributed by atoms with E-state index in [1.165, 1.54) is 10.1 Å². The molecule has 8 heteroatoms. The number of H-pyrrole nitrogens is 1. The van der Waals surface area contributed by atoms with Gasteiger partial charge in [0.15, 0.2) is 5.82 Å². The fourth-order valence-electron chi connectivity index (χ4n) is 3.32. The molecule has 2 aromatic heterocycles. The molecule has 1 fully saturated rings. The minimum absolute atomic E-state index is 0.0681. The summed E-state index contributed by atoms with van der Waals surface area (Å²) in [6, 6.07) is 8.16. The van der Waals surface area contributed by atoms with Crippen LogP contribution in [0.25, 0.3) is 17.2 Å². The molecule has 0 bridgehead atoms. The van der Waals surface area contributed by atoms with Gasteiger partial charge in [-0.2, -0.15) is 19.5 Å². The molecule has 1 aliphatic rings. The minimum Gasteiger partial charge on any atom is -0.393 e. The molecule has 1 aromatic carbocycles. The third-order valence-electron chi connectivity index (χ3n) is 4.98. The number of hydrogen-bond donors (Lipinski definition) is 2. The number of nitrogens with zero attached hydrogens (tertiary/aromatic N) is 5. The Balaban J connectivity index is 1.78. The molecule has 27 heavy (non-hydrogen) atoms. The molecule has 8 nitrogen and oxygen atoms in total. The van der Waals surface area contributed by atoms with E-state index in [1.54, 1.807) is 0 Å². The third-order valence-corrected chi connectivity index (χ3v) is 4.98. The largest absolute Gasteiger partial charge is 0.393 e. The topological polar surface area (TPSA) is 99.4 Å². The second-order valence-corrected chi connectivity index (χ2v) is 8.06. The number of hydrogen-bond acceptors (Lipinski definition) is 6. The Hall–Kier alpha value is -2.74. The van der Waals surface area contributed by atoms with Crippen LogP contribution in [-0.4, -0.2) is 48.9 Å². The summed E-state index contributed by atoms with van der Waals surface area (Å²) in [5, 5.41) is 12.4. The quantitative estimate of drug-likeness (QED) is 0.715. The van der Waals surface area contributed by atoms with E-state index in [0.29, 0.717) is 43.5 Å². The van der Waals surface area contributed by atoms with Crippen LogP contribution >= 0.6 is 0 Å². The summed E-state index contributed by atoms with van der Waals surface area (Å²) < 4.78 is 1.52. The Morgan fingerprint density at radius 1 is 1.07 bits per heavy atom. The van der Waals surface area contributed by atoms with E-state index in [1.807, 2.05) is 17.0 Å². The maximum Gasteiger partial charge on any atom is 0.363 e. The van der Waals surface area contributed by atoms with Crippen LogP contribution in [0, 0.1) is 0 Å². The van der Waals surface area contributed by atoms with Gasteiger partial charge in [0, 0.05) is 18.7 Å². The summed E-state index contributed by atoms with van der Waals surface area (Å²) in [4.78, 5) is 26.9. The second-order valence-electron chi connectivity index (χ2n) is 8.06. The average molecular weight is 368 g/mol. The summed E-state index contributed by atoms with van der Waals surface area (Å²) >= 11 is 0. The third kappa shape index (κ3) is 3.44. The molecule has 0 amide bonds. The average Bonchev–Trinajstić information content (AvgIpc) is 3.01. The lowest BCUT2D eigenvalue weighted by Crippen LogP contribution is -2.37. The lowest BCUT2D eigenvalue weighted by atomic mass is 9.87. The molecule has 0 atom stereocenters. The molecule has 4 rings (SSSR count). The van der Waals surface area contributed by atoms with E-state index in [2.05, 4.69) is 48.0 Å². The van der Waals surface area contributed by atoms with Crippen molar-refractivity contribution in [2.75, 3.05) is 18.0 Å². The number of anilines is 1. The molecule has 0 radical (unpaired) electrons. The number of aromatic amines is 1. The molecular formula is C19H24N6O2. The predicted octanol–water partition coefficient (Wildman–Crippen LogP) is 1.74. The highest BCUT2D eigenvalue weighted by Crippen LogP contribution is 2.26. The molecule has 1 aliphatic heterocycles. The highest BCUT2D eigenvalue weighted by atomic mass is 16.3. The number of nitrogens with one attached hydrogen (secondary N) is 1. The molecular weight excluding hydrogens is 344 g/mol. The Bertz CT molecular complexity index is 1010. The highest BCUT2D eigenvalue weighted by Gasteiger charge is 2.23. The fourth-order valence-corrected chi connectivity index (χ4v) is 3.32. The molecule has 0 saturated carbocycles. The Kier molecular flexibility index (Phi) is 4.22. The van der Waals surface area contributed by atoms with Gasteiger partial charge in [-0.15, -0.1) is 0 Å². The van der Waals surface area contributed by atoms with E-state index >= 15 is 0 Å². The number of aliphatic hydroxyl groups is 1. The van der Waals surface area contributed by atoms with Gasteiger partial charge in [0.05, 0.1) is 6.10 Å². The normalized spacial score (nSPS) is 16.2. The molecule has 0 spiro atoms. The first kappa shape index (κ1) is 17.7. The Morgan fingerprint density at radius 2 is 1.74 bits per heavy atom. The molecule has 0 aliphatic carbocycles. The zero-order chi connectivity index (χ0) is 19.2. The van der Waals surface area contributed by atoms with Crippen molar-refractivity contribution in [2.24, 2.45) is 0 Å². The number of aliphatic hydroxyl groups excluding tert-OH is 1. The van der Waals surface area contributed by atoms with E-state index in [9.17, 15) is 9.90 Å². The first-order valence-corrected chi connectivity index (χ1v) is 9.22. The Labute approximate surface area is 156 Å². The lowest BCUT2D eigenvalue weighted by Gasteiger charge is -2.30. The maximum atomic E-state index is 11.8. The van der Waals surface area contributed by atoms with E-state index in [4.69, 9.17) is 4.98 Å². The van der Waals surface area contributed by atoms with Crippen LogP contribution in [0.5, 0.6) is 0 Å². The van der Waals surface area contributed by atoms with Crippen molar-refractivity contribution in [3.63, 3.8) is 0 Å². The van der Waals surface area contributed by atoms with Crippen LogP contribution in [0.1, 0.15) is 39.2 Å². The minimum atomic E-state index is -0.456. The Morgan fingerprint density at radius 3 is 2.37 bits per heavy atom. The smallest absolute Gasteiger partial charge is 0.363 e. The predicted molar refractivity (Wildman–Crippen MR) is 103 cm³/mol. The van der Waals surface area contributed by atoms with Crippen molar-refractivity contribution in [1.29, 1.82) is 0 Å². The number of piperidine rings is 1. The van der Waals surface area contributed by atoms with Gasteiger partial charge in [0.2, 0.25) is 5.95 Å². The molecule has 2 N–H and O–H groups in total. The molecule has 3 aromatic rings. The van der Waals surface area contributed by atoms with Crippen molar-refractivity contribution in [2.45, 2.75) is 45.1 Å². The maximum absolute atomic E-state index is 11.8. The van der Waals surface area contributed by atoms with Crippen molar-refractivity contribution in [3.8, 4) is 11.4 Å². The van der Waals surface area contributed by atoms with Gasteiger partial charge >= 0.3 is 5.69 Å². The number of fused-ring (bicyclic) bond motifs is 1. The van der Waals surface area contributed by atoms with Gasteiger partial charge < -0.3 is 10.0 Å². The van der Waals surface area contributed by atoms with Gasteiger partial charge in [-0.1, -0.05) is 45.0 Å². The van der Waals surface area contributed by atoms with Crippen LogP contribution in [-0.2, 0) is 5.41 Å². The first-order chi connectivity index (χ1) is 12.8. The van der Waals surface area contributed by atoms with Crippen molar-refractivity contribution in [1.82, 2.24) is 24.6 Å². The fraction of sp³-hybridized carbons (Fsp3) is 0.474.